The Kier molecular flexibility index (Phi) is 2.34. The van der Waals surface area contributed by atoms with Crippen LogP contribution in [0.25, 0.3) is 10.9 Å². The molecule has 0 fully saturated rings. The van der Waals surface area contributed by atoms with Crippen LogP contribution in [0.3, 0.4) is 0 Å². The van der Waals surface area contributed by atoms with Gasteiger partial charge in [0.25, 0.3) is 5.56 Å². The van der Waals surface area contributed by atoms with Gasteiger partial charge in [0, 0.05) is 11.1 Å². The van der Waals surface area contributed by atoms with Gasteiger partial charge in [0.1, 0.15) is 0 Å². The van der Waals surface area contributed by atoms with Gasteiger partial charge in [0.2, 0.25) is 5.78 Å². The van der Waals surface area contributed by atoms with Crippen molar-refractivity contribution in [1.82, 2.24) is 9.55 Å². The van der Waals surface area contributed by atoms with Crippen molar-refractivity contribution < 1.29 is 9.90 Å². The molecule has 0 radical (unpaired) electrons. The third-order valence-corrected chi connectivity index (χ3v) is 3.74. The highest BCUT2D eigenvalue weighted by Gasteiger charge is 2.32. The predicted octanol–water partition coefficient (Wildman–Crippen LogP) is 1.48. The second-order valence-corrected chi connectivity index (χ2v) is 4.92. The van der Waals surface area contributed by atoms with E-state index in [9.17, 15) is 14.7 Å². The number of rotatable bonds is 0. The summed E-state index contributed by atoms with van der Waals surface area (Å²) >= 11 is 0. The highest BCUT2D eigenvalue weighted by molar-refractivity contribution is 6.09. The zero-order valence-electron chi connectivity index (χ0n) is 10.9. The maximum absolute atomic E-state index is 12.5. The van der Waals surface area contributed by atoms with Crippen LogP contribution in [0.4, 0.5) is 0 Å². The maximum Gasteiger partial charge on any atom is 0.264 e. The molecule has 3 aromatic rings. The van der Waals surface area contributed by atoms with Crippen LogP contribution >= 0.6 is 0 Å². The maximum atomic E-state index is 12.5. The number of fused-ring (bicyclic) bond motifs is 3. The molecule has 1 atom stereocenters. The van der Waals surface area contributed by atoms with Gasteiger partial charge in [0.05, 0.1) is 10.9 Å². The molecule has 4 rings (SSSR count). The Labute approximate surface area is 119 Å². The molecular formula is C16H10N2O3. The molecule has 0 amide bonds. The summed E-state index contributed by atoms with van der Waals surface area (Å²) in [6.45, 7) is 0. The molecule has 102 valence electrons. The number of carbonyl (C=O) groups excluding carboxylic acids is 1. The first-order valence-electron chi connectivity index (χ1n) is 6.51. The van der Waals surface area contributed by atoms with Crippen molar-refractivity contribution in [2.24, 2.45) is 0 Å². The van der Waals surface area contributed by atoms with Crippen LogP contribution in [0.5, 0.6) is 0 Å². The average molecular weight is 278 g/mol. The minimum atomic E-state index is -1.20. The standard InChI is InChI=1S/C16H10N2O3/c19-13-9-5-1-2-6-10(9)15(20)18-14(13)17-12-8-4-3-7-11(12)16(18)21/h1-8,15,20H/t15-/m1/s1. The first-order chi connectivity index (χ1) is 10.2. The summed E-state index contributed by atoms with van der Waals surface area (Å²) in [5, 5.41) is 10.8. The largest absolute Gasteiger partial charge is 0.369 e. The number of aliphatic hydroxyl groups is 1. The molecule has 1 aliphatic rings. The van der Waals surface area contributed by atoms with E-state index in [1.54, 1.807) is 48.5 Å². The lowest BCUT2D eigenvalue weighted by Crippen LogP contribution is -2.36. The molecule has 0 spiro atoms. The van der Waals surface area contributed by atoms with Crippen molar-refractivity contribution in [3.05, 3.63) is 75.8 Å². The highest BCUT2D eigenvalue weighted by Crippen LogP contribution is 2.27. The summed E-state index contributed by atoms with van der Waals surface area (Å²) in [5.41, 5.74) is 0.848. The van der Waals surface area contributed by atoms with Gasteiger partial charge in [-0.1, -0.05) is 36.4 Å². The molecule has 0 unspecified atom stereocenters. The Hall–Kier alpha value is -2.79. The molecule has 2 aromatic carbocycles. The summed E-state index contributed by atoms with van der Waals surface area (Å²) in [6.07, 6.45) is -1.20. The van der Waals surface area contributed by atoms with E-state index in [1.807, 2.05) is 0 Å². The lowest BCUT2D eigenvalue weighted by molar-refractivity contribution is 0.0922. The van der Waals surface area contributed by atoms with Crippen LogP contribution in [-0.4, -0.2) is 20.4 Å². The predicted molar refractivity (Wildman–Crippen MR) is 76.2 cm³/mol. The molecule has 5 heteroatoms. The van der Waals surface area contributed by atoms with E-state index in [0.717, 1.165) is 4.57 Å². The molecule has 2 heterocycles. The first kappa shape index (κ1) is 12.0. The highest BCUT2D eigenvalue weighted by atomic mass is 16.3. The van der Waals surface area contributed by atoms with Gasteiger partial charge in [-0.2, -0.15) is 0 Å². The third kappa shape index (κ3) is 1.52. The van der Waals surface area contributed by atoms with E-state index >= 15 is 0 Å². The molecule has 0 aliphatic carbocycles. The molecule has 0 saturated carbocycles. The Bertz CT molecular complexity index is 959. The Morgan fingerprint density at radius 3 is 2.57 bits per heavy atom. The summed E-state index contributed by atoms with van der Waals surface area (Å²) < 4.78 is 1.06. The smallest absolute Gasteiger partial charge is 0.264 e. The Morgan fingerprint density at radius 1 is 1.00 bits per heavy atom. The van der Waals surface area contributed by atoms with Crippen molar-refractivity contribution in [1.29, 1.82) is 0 Å². The second kappa shape index (κ2) is 4.10. The van der Waals surface area contributed by atoms with Gasteiger partial charge < -0.3 is 5.11 Å². The number of aromatic nitrogens is 2. The van der Waals surface area contributed by atoms with Crippen molar-refractivity contribution in [2.45, 2.75) is 6.23 Å². The molecule has 1 aromatic heterocycles. The minimum absolute atomic E-state index is 0.0232. The SMILES string of the molecule is O=C1c2ccccc2[C@@H](O)n2c1nc1ccccc1c2=O. The zero-order chi connectivity index (χ0) is 14.6. The van der Waals surface area contributed by atoms with Crippen LogP contribution in [0.2, 0.25) is 0 Å². The van der Waals surface area contributed by atoms with Gasteiger partial charge in [-0.3, -0.25) is 14.2 Å². The summed E-state index contributed by atoms with van der Waals surface area (Å²) in [7, 11) is 0. The topological polar surface area (TPSA) is 72.2 Å². The number of benzene rings is 2. The fourth-order valence-electron chi connectivity index (χ4n) is 2.72. The van der Waals surface area contributed by atoms with Gasteiger partial charge in [-0.05, 0) is 12.1 Å². The minimum Gasteiger partial charge on any atom is -0.369 e. The number of para-hydroxylation sites is 1. The Morgan fingerprint density at radius 2 is 1.71 bits per heavy atom. The molecule has 1 N–H and O–H groups in total. The lowest BCUT2D eigenvalue weighted by Gasteiger charge is -2.24. The number of ketones is 1. The van der Waals surface area contributed by atoms with Gasteiger partial charge in [-0.15, -0.1) is 0 Å². The Balaban J connectivity index is 2.14. The fourth-order valence-corrected chi connectivity index (χ4v) is 2.72. The zero-order valence-corrected chi connectivity index (χ0v) is 10.9. The van der Waals surface area contributed by atoms with Crippen LogP contribution in [0.15, 0.2) is 53.3 Å². The van der Waals surface area contributed by atoms with E-state index in [0.29, 0.717) is 22.0 Å². The second-order valence-electron chi connectivity index (χ2n) is 4.92. The summed E-state index contributed by atoms with van der Waals surface area (Å²) in [5.74, 6) is -0.372. The summed E-state index contributed by atoms with van der Waals surface area (Å²) in [4.78, 5) is 29.3. The molecular weight excluding hydrogens is 268 g/mol. The number of hydrogen-bond acceptors (Lipinski definition) is 4. The number of carbonyl (C=O) groups is 1. The average Bonchev–Trinajstić information content (AvgIpc) is 2.52. The molecule has 0 bridgehead atoms. The molecule has 1 aliphatic heterocycles. The van der Waals surface area contributed by atoms with Crippen LogP contribution in [0.1, 0.15) is 28.0 Å². The van der Waals surface area contributed by atoms with Crippen LogP contribution < -0.4 is 5.56 Å². The molecule has 5 nitrogen and oxygen atoms in total. The van der Waals surface area contributed by atoms with E-state index in [2.05, 4.69) is 4.98 Å². The summed E-state index contributed by atoms with van der Waals surface area (Å²) in [6, 6.07) is 13.5. The van der Waals surface area contributed by atoms with Crippen molar-refractivity contribution >= 4 is 16.7 Å². The fraction of sp³-hybridized carbons (Fsp3) is 0.0625. The number of aliphatic hydroxyl groups excluding tert-OH is 1. The first-order valence-corrected chi connectivity index (χ1v) is 6.51. The van der Waals surface area contributed by atoms with E-state index in [4.69, 9.17) is 0 Å². The van der Waals surface area contributed by atoms with Gasteiger partial charge in [0.15, 0.2) is 12.1 Å². The van der Waals surface area contributed by atoms with Gasteiger partial charge in [-0.25, -0.2) is 4.98 Å². The lowest BCUT2D eigenvalue weighted by atomic mass is 9.97. The third-order valence-electron chi connectivity index (χ3n) is 3.74. The van der Waals surface area contributed by atoms with Crippen molar-refractivity contribution in [3.63, 3.8) is 0 Å². The van der Waals surface area contributed by atoms with Crippen molar-refractivity contribution in [3.8, 4) is 0 Å². The van der Waals surface area contributed by atoms with Crippen LogP contribution in [-0.2, 0) is 0 Å². The van der Waals surface area contributed by atoms with E-state index in [1.165, 1.54) is 0 Å². The number of nitrogens with zero attached hydrogens (tertiary/aromatic N) is 2. The number of hydrogen-bond donors (Lipinski definition) is 1. The van der Waals surface area contributed by atoms with Crippen LogP contribution in [0, 0.1) is 0 Å². The monoisotopic (exact) mass is 278 g/mol. The molecule has 21 heavy (non-hydrogen) atoms. The quantitative estimate of drug-likeness (QED) is 0.676. The van der Waals surface area contributed by atoms with Crippen molar-refractivity contribution in [2.75, 3.05) is 0 Å². The van der Waals surface area contributed by atoms with E-state index < -0.39 is 11.8 Å². The van der Waals surface area contributed by atoms with Gasteiger partial charge >= 0.3 is 0 Å². The van der Waals surface area contributed by atoms with E-state index in [-0.39, 0.29) is 11.6 Å². The normalized spacial score (nSPS) is 16.6. The molecule has 0 saturated heterocycles.